The van der Waals surface area contributed by atoms with E-state index in [0.29, 0.717) is 11.4 Å². The van der Waals surface area contributed by atoms with Crippen LogP contribution in [0.3, 0.4) is 0 Å². The smallest absolute Gasteiger partial charge is 0.262 e. The highest BCUT2D eigenvalue weighted by atomic mass is 16.2. The Kier molecular flexibility index (Phi) is 4.53. The molecule has 2 aromatic carbocycles. The lowest BCUT2D eigenvalue weighted by molar-refractivity contribution is -0.119. The number of nitrogens with one attached hydrogen (secondary N) is 2. The Balaban J connectivity index is 1.81. The van der Waals surface area contributed by atoms with Crippen LogP contribution in [0.1, 0.15) is 34.6 Å². The highest BCUT2D eigenvalue weighted by Gasteiger charge is 2.40. The monoisotopic (exact) mass is 351 g/mol. The molecule has 0 spiro atoms. The summed E-state index contributed by atoms with van der Waals surface area (Å²) in [7, 11) is 0. The molecule has 132 valence electrons. The van der Waals surface area contributed by atoms with Crippen molar-refractivity contribution in [1.82, 2.24) is 4.90 Å². The summed E-state index contributed by atoms with van der Waals surface area (Å²) in [6.45, 7) is 2.85. The van der Waals surface area contributed by atoms with Gasteiger partial charge in [-0.3, -0.25) is 24.1 Å². The molecule has 0 radical (unpaired) electrons. The van der Waals surface area contributed by atoms with Crippen molar-refractivity contribution < 1.29 is 19.2 Å². The number of anilines is 2. The Labute approximate surface area is 150 Å². The zero-order valence-corrected chi connectivity index (χ0v) is 14.3. The third kappa shape index (κ3) is 3.06. The van der Waals surface area contributed by atoms with Crippen molar-refractivity contribution in [1.29, 1.82) is 0 Å². The molecule has 4 amide bonds. The van der Waals surface area contributed by atoms with Crippen LogP contribution in [0.2, 0.25) is 0 Å². The Morgan fingerprint density at radius 1 is 0.846 bits per heavy atom. The standard InChI is InChI=1S/C19H17N3O4/c1-11(22-18(25)13-7-3-4-8-14(13)19(22)26)17(24)21-16-10-6-5-9-15(16)20-12(2)23/h3-11H,1-2H3,(H,20,23)(H,21,24)/t11-/m0/s1. The maximum atomic E-state index is 12.6. The molecule has 7 heteroatoms. The first-order valence-electron chi connectivity index (χ1n) is 8.04. The fraction of sp³-hybridized carbons (Fsp3) is 0.158. The molecule has 1 heterocycles. The second-order valence-corrected chi connectivity index (χ2v) is 5.92. The van der Waals surface area contributed by atoms with Gasteiger partial charge in [-0.2, -0.15) is 0 Å². The predicted octanol–water partition coefficient (Wildman–Crippen LogP) is 2.27. The number of rotatable bonds is 4. The van der Waals surface area contributed by atoms with E-state index < -0.39 is 23.8 Å². The molecular formula is C19H17N3O4. The molecule has 1 aliphatic heterocycles. The molecule has 3 rings (SSSR count). The van der Waals surface area contributed by atoms with Crippen LogP contribution in [0.15, 0.2) is 48.5 Å². The van der Waals surface area contributed by atoms with Crippen molar-refractivity contribution in [3.63, 3.8) is 0 Å². The fourth-order valence-corrected chi connectivity index (χ4v) is 2.80. The van der Waals surface area contributed by atoms with Crippen LogP contribution in [0.4, 0.5) is 11.4 Å². The van der Waals surface area contributed by atoms with Crippen molar-refractivity contribution in [3.8, 4) is 0 Å². The normalized spacial score (nSPS) is 14.0. The number of amides is 4. The highest BCUT2D eigenvalue weighted by Crippen LogP contribution is 2.26. The Morgan fingerprint density at radius 2 is 1.31 bits per heavy atom. The van der Waals surface area contributed by atoms with Gasteiger partial charge in [0.15, 0.2) is 0 Å². The van der Waals surface area contributed by atoms with Crippen molar-refractivity contribution in [2.24, 2.45) is 0 Å². The van der Waals surface area contributed by atoms with Crippen LogP contribution in [0, 0.1) is 0 Å². The van der Waals surface area contributed by atoms with Gasteiger partial charge in [-0.25, -0.2) is 0 Å². The molecule has 0 unspecified atom stereocenters. The van der Waals surface area contributed by atoms with E-state index >= 15 is 0 Å². The molecule has 2 aromatic rings. The first-order chi connectivity index (χ1) is 12.4. The van der Waals surface area contributed by atoms with Gasteiger partial charge >= 0.3 is 0 Å². The molecular weight excluding hydrogens is 334 g/mol. The highest BCUT2D eigenvalue weighted by molar-refractivity contribution is 6.23. The van der Waals surface area contributed by atoms with Crippen molar-refractivity contribution in [2.75, 3.05) is 10.6 Å². The average Bonchev–Trinajstić information content (AvgIpc) is 2.87. The number of hydrogen-bond acceptors (Lipinski definition) is 4. The maximum Gasteiger partial charge on any atom is 0.262 e. The Morgan fingerprint density at radius 3 is 1.81 bits per heavy atom. The summed E-state index contributed by atoms with van der Waals surface area (Å²) in [6, 6.07) is 12.1. The lowest BCUT2D eigenvalue weighted by atomic mass is 10.1. The van der Waals surface area contributed by atoms with Crippen LogP contribution in [0.5, 0.6) is 0 Å². The van der Waals surface area contributed by atoms with E-state index in [1.165, 1.54) is 13.8 Å². The van der Waals surface area contributed by atoms with Crippen LogP contribution < -0.4 is 10.6 Å². The molecule has 2 N–H and O–H groups in total. The van der Waals surface area contributed by atoms with Gasteiger partial charge in [0.05, 0.1) is 22.5 Å². The minimum Gasteiger partial charge on any atom is -0.325 e. The number of fused-ring (bicyclic) bond motifs is 1. The Bertz CT molecular complexity index is 888. The minimum atomic E-state index is -1.01. The lowest BCUT2D eigenvalue weighted by Crippen LogP contribution is -2.45. The van der Waals surface area contributed by atoms with Crippen LogP contribution >= 0.6 is 0 Å². The van der Waals surface area contributed by atoms with E-state index in [0.717, 1.165) is 4.90 Å². The van der Waals surface area contributed by atoms with E-state index in [9.17, 15) is 19.2 Å². The molecule has 0 aliphatic carbocycles. The van der Waals surface area contributed by atoms with Gasteiger partial charge < -0.3 is 10.6 Å². The molecule has 0 bridgehead atoms. The number of hydrogen-bond donors (Lipinski definition) is 2. The zero-order chi connectivity index (χ0) is 18.8. The van der Waals surface area contributed by atoms with E-state index in [4.69, 9.17) is 0 Å². The van der Waals surface area contributed by atoms with Crippen molar-refractivity contribution >= 4 is 35.0 Å². The fourth-order valence-electron chi connectivity index (χ4n) is 2.80. The molecule has 1 aliphatic rings. The number of carbonyl (C=O) groups is 4. The second kappa shape index (κ2) is 6.79. The number of imide groups is 1. The van der Waals surface area contributed by atoms with Crippen LogP contribution in [-0.4, -0.2) is 34.6 Å². The van der Waals surface area contributed by atoms with Crippen LogP contribution in [0.25, 0.3) is 0 Å². The van der Waals surface area contributed by atoms with Crippen molar-refractivity contribution in [3.05, 3.63) is 59.7 Å². The van der Waals surface area contributed by atoms with E-state index in [2.05, 4.69) is 10.6 Å². The molecule has 0 fully saturated rings. The van der Waals surface area contributed by atoms with Gasteiger partial charge in [-0.05, 0) is 31.2 Å². The first kappa shape index (κ1) is 17.3. The SMILES string of the molecule is CC(=O)Nc1ccccc1NC(=O)[C@H](C)N1C(=O)c2ccccc2C1=O. The van der Waals surface area contributed by atoms with E-state index in [-0.39, 0.29) is 17.0 Å². The van der Waals surface area contributed by atoms with Crippen LogP contribution in [-0.2, 0) is 9.59 Å². The van der Waals surface area contributed by atoms with Gasteiger partial charge in [0.1, 0.15) is 6.04 Å². The number of benzene rings is 2. The topological polar surface area (TPSA) is 95.6 Å². The van der Waals surface area contributed by atoms with Gasteiger partial charge in [0.2, 0.25) is 11.8 Å². The summed E-state index contributed by atoms with van der Waals surface area (Å²) in [6.07, 6.45) is 0. The molecule has 0 saturated heterocycles. The van der Waals surface area contributed by atoms with E-state index in [1.807, 2.05) is 0 Å². The third-order valence-electron chi connectivity index (χ3n) is 4.09. The summed E-state index contributed by atoms with van der Waals surface area (Å²) < 4.78 is 0. The zero-order valence-electron chi connectivity index (χ0n) is 14.3. The predicted molar refractivity (Wildman–Crippen MR) is 95.8 cm³/mol. The molecule has 0 aromatic heterocycles. The Hall–Kier alpha value is -3.48. The van der Waals surface area contributed by atoms with E-state index in [1.54, 1.807) is 48.5 Å². The number of carbonyl (C=O) groups excluding carboxylic acids is 4. The quantitative estimate of drug-likeness (QED) is 0.826. The molecule has 1 atom stereocenters. The molecule has 26 heavy (non-hydrogen) atoms. The van der Waals surface area contributed by atoms with Gasteiger partial charge in [0, 0.05) is 6.92 Å². The number of para-hydroxylation sites is 2. The summed E-state index contributed by atoms with van der Waals surface area (Å²) in [5.41, 5.74) is 1.39. The van der Waals surface area contributed by atoms with Gasteiger partial charge in [-0.15, -0.1) is 0 Å². The summed E-state index contributed by atoms with van der Waals surface area (Å²) in [5.74, 6) is -1.80. The molecule has 7 nitrogen and oxygen atoms in total. The van der Waals surface area contributed by atoms with Gasteiger partial charge in [-0.1, -0.05) is 24.3 Å². The minimum absolute atomic E-state index is 0.278. The largest absolute Gasteiger partial charge is 0.325 e. The van der Waals surface area contributed by atoms with Gasteiger partial charge in [0.25, 0.3) is 11.8 Å². The summed E-state index contributed by atoms with van der Waals surface area (Å²) in [4.78, 5) is 49.8. The maximum absolute atomic E-state index is 12.6. The third-order valence-corrected chi connectivity index (χ3v) is 4.09. The lowest BCUT2D eigenvalue weighted by Gasteiger charge is -2.22. The summed E-state index contributed by atoms with van der Waals surface area (Å²) >= 11 is 0. The van der Waals surface area contributed by atoms with Crippen molar-refractivity contribution in [2.45, 2.75) is 19.9 Å². The second-order valence-electron chi connectivity index (χ2n) is 5.92. The molecule has 0 saturated carbocycles. The summed E-state index contributed by atoms with van der Waals surface area (Å²) in [5, 5.41) is 5.28. The first-order valence-corrected chi connectivity index (χ1v) is 8.04. The average molecular weight is 351 g/mol. The number of nitrogens with zero attached hydrogens (tertiary/aromatic N) is 1.